The minimum atomic E-state index is -4.05. The topological polar surface area (TPSA) is 119 Å². The Hall–Kier alpha value is -3.37. The van der Waals surface area contributed by atoms with Crippen molar-refractivity contribution in [2.24, 2.45) is 0 Å². The third kappa shape index (κ3) is 5.22. The number of esters is 1. The zero-order valence-corrected chi connectivity index (χ0v) is 18.1. The molecule has 0 spiro atoms. The van der Waals surface area contributed by atoms with Gasteiger partial charge in [0.25, 0.3) is 15.9 Å². The number of rotatable bonds is 7. The average Bonchev–Trinajstić information content (AvgIpc) is 3.16. The van der Waals surface area contributed by atoms with Crippen LogP contribution in [0.25, 0.3) is 0 Å². The van der Waals surface area contributed by atoms with Gasteiger partial charge >= 0.3 is 5.97 Å². The number of carbonyl (C=O) groups is 2. The molecule has 9 nitrogen and oxygen atoms in total. The molecule has 162 valence electrons. The number of amides is 1. The number of hydrogen-bond acceptors (Lipinski definition) is 7. The number of nitrogens with zero attached hydrogens (tertiary/aromatic N) is 2. The summed E-state index contributed by atoms with van der Waals surface area (Å²) in [6.07, 6.45) is 0. The van der Waals surface area contributed by atoms with Gasteiger partial charge in [-0.1, -0.05) is 35.0 Å². The maximum absolute atomic E-state index is 13.0. The van der Waals surface area contributed by atoms with Crippen molar-refractivity contribution >= 4 is 45.1 Å². The second-order valence-corrected chi connectivity index (χ2v) is 8.76. The zero-order chi connectivity index (χ0) is 22.6. The Kier molecular flexibility index (Phi) is 6.62. The zero-order valence-electron chi connectivity index (χ0n) is 16.5. The first-order chi connectivity index (χ1) is 14.7. The van der Waals surface area contributed by atoms with E-state index in [1.54, 1.807) is 37.3 Å². The Morgan fingerprint density at radius 2 is 1.87 bits per heavy atom. The van der Waals surface area contributed by atoms with Crippen molar-refractivity contribution in [3.63, 3.8) is 0 Å². The Bertz CT molecular complexity index is 1210. The molecule has 0 fully saturated rings. The number of ether oxygens (including phenoxy) is 1. The lowest BCUT2D eigenvalue weighted by Crippen LogP contribution is -2.27. The van der Waals surface area contributed by atoms with Crippen LogP contribution in [0.3, 0.4) is 0 Å². The monoisotopic (exact) mass is 463 g/mol. The summed E-state index contributed by atoms with van der Waals surface area (Å²) in [5, 5.41) is 5.94. The Morgan fingerprint density at radius 1 is 1.16 bits per heavy atom. The van der Waals surface area contributed by atoms with E-state index in [1.165, 1.54) is 25.2 Å². The molecule has 1 N–H and O–H groups in total. The van der Waals surface area contributed by atoms with Gasteiger partial charge in [0.1, 0.15) is 4.90 Å². The fourth-order valence-corrected chi connectivity index (χ4v) is 4.26. The van der Waals surface area contributed by atoms with Gasteiger partial charge in [-0.25, -0.2) is 13.2 Å². The quantitative estimate of drug-likeness (QED) is 0.534. The third-order valence-electron chi connectivity index (χ3n) is 4.15. The molecular formula is C20H18ClN3O6S. The molecule has 2 aromatic carbocycles. The predicted octanol–water partition coefficient (Wildman–Crippen LogP) is 3.26. The van der Waals surface area contributed by atoms with E-state index >= 15 is 0 Å². The van der Waals surface area contributed by atoms with Crippen LogP contribution in [-0.2, 0) is 19.6 Å². The molecule has 3 aromatic rings. The lowest BCUT2D eigenvalue weighted by atomic mass is 10.2. The highest BCUT2D eigenvalue weighted by molar-refractivity contribution is 7.93. The molecule has 0 aliphatic rings. The van der Waals surface area contributed by atoms with Crippen LogP contribution in [0, 0.1) is 6.92 Å². The highest BCUT2D eigenvalue weighted by Gasteiger charge is 2.26. The highest BCUT2D eigenvalue weighted by atomic mass is 35.5. The Morgan fingerprint density at radius 3 is 2.52 bits per heavy atom. The molecule has 1 amide bonds. The fourth-order valence-electron chi connectivity index (χ4n) is 2.56. The summed E-state index contributed by atoms with van der Waals surface area (Å²) in [6.45, 7) is 1.08. The second-order valence-electron chi connectivity index (χ2n) is 6.41. The van der Waals surface area contributed by atoms with Gasteiger partial charge in [0, 0.05) is 13.1 Å². The largest absolute Gasteiger partial charge is 0.452 e. The molecule has 3 rings (SSSR count). The first kappa shape index (κ1) is 22.3. The van der Waals surface area contributed by atoms with Crippen molar-refractivity contribution in [3.8, 4) is 0 Å². The van der Waals surface area contributed by atoms with Crippen molar-refractivity contribution in [2.45, 2.75) is 11.8 Å². The van der Waals surface area contributed by atoms with Gasteiger partial charge in [0.05, 0.1) is 22.0 Å². The van der Waals surface area contributed by atoms with Crippen LogP contribution in [0.4, 0.5) is 11.6 Å². The molecule has 11 heteroatoms. The number of anilines is 2. The Labute approximate surface area is 183 Å². The van der Waals surface area contributed by atoms with E-state index in [0.717, 1.165) is 10.4 Å². The lowest BCUT2D eigenvalue weighted by molar-refractivity contribution is -0.119. The van der Waals surface area contributed by atoms with E-state index in [0.29, 0.717) is 11.4 Å². The van der Waals surface area contributed by atoms with Crippen LogP contribution in [0.1, 0.15) is 16.1 Å². The predicted molar refractivity (Wildman–Crippen MR) is 114 cm³/mol. The molecule has 1 heterocycles. The smallest absolute Gasteiger partial charge is 0.338 e. The van der Waals surface area contributed by atoms with E-state index < -0.39 is 28.5 Å². The van der Waals surface area contributed by atoms with Crippen LogP contribution in [0.15, 0.2) is 64.0 Å². The summed E-state index contributed by atoms with van der Waals surface area (Å²) < 4.78 is 36.9. The molecule has 0 aliphatic carbocycles. The molecule has 1 aromatic heterocycles. The van der Waals surface area contributed by atoms with Crippen molar-refractivity contribution < 1.29 is 27.3 Å². The Balaban J connectivity index is 1.74. The maximum atomic E-state index is 13.0. The van der Waals surface area contributed by atoms with Gasteiger partial charge in [0.15, 0.2) is 6.61 Å². The summed E-state index contributed by atoms with van der Waals surface area (Å²) in [7, 11) is -2.68. The number of halogens is 1. The van der Waals surface area contributed by atoms with Crippen LogP contribution in [-0.4, -0.2) is 39.1 Å². The van der Waals surface area contributed by atoms with E-state index in [-0.39, 0.29) is 21.4 Å². The normalized spacial score (nSPS) is 11.1. The molecule has 31 heavy (non-hydrogen) atoms. The van der Waals surface area contributed by atoms with Crippen LogP contribution in [0.5, 0.6) is 0 Å². The van der Waals surface area contributed by atoms with Gasteiger partial charge < -0.3 is 9.26 Å². The first-order valence-electron chi connectivity index (χ1n) is 8.92. The van der Waals surface area contributed by atoms with E-state index in [2.05, 4.69) is 10.5 Å². The third-order valence-corrected chi connectivity index (χ3v) is 6.42. The summed E-state index contributed by atoms with van der Waals surface area (Å²) in [5.41, 5.74) is 0.918. The number of hydrogen-bond donors (Lipinski definition) is 1. The van der Waals surface area contributed by atoms with E-state index in [1.807, 2.05) is 0 Å². The average molecular weight is 464 g/mol. The summed E-state index contributed by atoms with van der Waals surface area (Å²) in [6, 6.07) is 13.6. The minimum absolute atomic E-state index is 0.0576. The SMILES string of the molecule is Cc1cc(NC(=O)COC(=O)c2ccc(Cl)c(S(=O)(=O)N(C)c3ccccc3)c2)on1. The van der Waals surface area contributed by atoms with Gasteiger partial charge in [-0.2, -0.15) is 0 Å². The van der Waals surface area contributed by atoms with Crippen molar-refractivity contribution in [3.05, 3.63) is 70.9 Å². The van der Waals surface area contributed by atoms with Crippen molar-refractivity contribution in [2.75, 3.05) is 23.3 Å². The highest BCUT2D eigenvalue weighted by Crippen LogP contribution is 2.28. The molecule has 0 radical (unpaired) electrons. The molecule has 0 bridgehead atoms. The number of sulfonamides is 1. The number of para-hydroxylation sites is 1. The van der Waals surface area contributed by atoms with E-state index in [4.69, 9.17) is 20.9 Å². The fraction of sp³-hybridized carbons (Fsp3) is 0.150. The van der Waals surface area contributed by atoms with Gasteiger partial charge in [-0.15, -0.1) is 0 Å². The molecule has 0 unspecified atom stereocenters. The first-order valence-corrected chi connectivity index (χ1v) is 10.7. The summed E-state index contributed by atoms with van der Waals surface area (Å²) in [5.74, 6) is -1.42. The molecule has 0 aliphatic heterocycles. The number of aromatic nitrogens is 1. The molecule has 0 saturated heterocycles. The number of aryl methyl sites for hydroxylation is 1. The van der Waals surface area contributed by atoms with Crippen molar-refractivity contribution in [1.29, 1.82) is 0 Å². The number of benzene rings is 2. The van der Waals surface area contributed by atoms with E-state index in [9.17, 15) is 18.0 Å². The van der Waals surface area contributed by atoms with Gasteiger partial charge in [-0.05, 0) is 37.3 Å². The minimum Gasteiger partial charge on any atom is -0.452 e. The summed E-state index contributed by atoms with van der Waals surface area (Å²) >= 11 is 6.10. The van der Waals surface area contributed by atoms with Gasteiger partial charge in [-0.3, -0.25) is 14.4 Å². The van der Waals surface area contributed by atoms with Crippen LogP contribution in [0.2, 0.25) is 5.02 Å². The number of carbonyl (C=O) groups excluding carboxylic acids is 2. The van der Waals surface area contributed by atoms with Gasteiger partial charge in [0.2, 0.25) is 5.88 Å². The van der Waals surface area contributed by atoms with Crippen LogP contribution < -0.4 is 9.62 Å². The lowest BCUT2D eigenvalue weighted by Gasteiger charge is -2.20. The molecule has 0 atom stereocenters. The molecule has 0 saturated carbocycles. The maximum Gasteiger partial charge on any atom is 0.338 e. The standard InChI is InChI=1S/C20H18ClN3O6S/c1-13-10-19(30-23-13)22-18(25)12-29-20(26)14-8-9-16(21)17(11-14)31(27,28)24(2)15-6-4-3-5-7-15/h3-11H,12H2,1-2H3,(H,22,25). The molecular weight excluding hydrogens is 446 g/mol. The summed E-state index contributed by atoms with van der Waals surface area (Å²) in [4.78, 5) is 24.0. The number of nitrogens with one attached hydrogen (secondary N) is 1. The van der Waals surface area contributed by atoms with Crippen molar-refractivity contribution in [1.82, 2.24) is 5.16 Å². The second kappa shape index (κ2) is 9.19. The van der Waals surface area contributed by atoms with Crippen LogP contribution >= 0.6 is 11.6 Å².